The van der Waals surface area contributed by atoms with Gasteiger partial charge in [0.15, 0.2) is 11.5 Å². The first-order chi connectivity index (χ1) is 13.7. The standard InChI is InChI=1S/C19H17F3N2O4S/c20-19(21,22)28-16-7-3-4-8-17(16)29(25,26)24-11-9-13(10-12-24)18-23-14-5-1-2-6-15(14)27-18/h1-8,13H,9-12H2. The summed E-state index contributed by atoms with van der Waals surface area (Å²) in [6, 6.07) is 12.1. The number of alkyl halides is 3. The number of hydrogen-bond acceptors (Lipinski definition) is 5. The molecule has 1 aliphatic heterocycles. The largest absolute Gasteiger partial charge is 0.573 e. The molecule has 0 unspecified atom stereocenters. The van der Waals surface area contributed by atoms with Crippen LogP contribution in [0, 0.1) is 0 Å². The maximum Gasteiger partial charge on any atom is 0.573 e. The summed E-state index contributed by atoms with van der Waals surface area (Å²) >= 11 is 0. The highest BCUT2D eigenvalue weighted by Crippen LogP contribution is 2.35. The van der Waals surface area contributed by atoms with Crippen LogP contribution in [0.5, 0.6) is 5.75 Å². The highest BCUT2D eigenvalue weighted by molar-refractivity contribution is 7.89. The third-order valence-corrected chi connectivity index (χ3v) is 6.74. The fraction of sp³-hybridized carbons (Fsp3) is 0.316. The molecular formula is C19H17F3N2O4S. The molecule has 1 fully saturated rings. The molecule has 0 amide bonds. The molecule has 6 nitrogen and oxygen atoms in total. The van der Waals surface area contributed by atoms with E-state index in [1.54, 1.807) is 0 Å². The van der Waals surface area contributed by atoms with Gasteiger partial charge in [0.2, 0.25) is 10.0 Å². The molecule has 0 bridgehead atoms. The van der Waals surface area contributed by atoms with Crippen LogP contribution >= 0.6 is 0 Å². The maximum atomic E-state index is 12.9. The molecule has 4 rings (SSSR count). The number of rotatable bonds is 4. The Morgan fingerprint density at radius 1 is 1.03 bits per heavy atom. The third-order valence-electron chi connectivity index (χ3n) is 4.81. The molecule has 0 radical (unpaired) electrons. The molecule has 2 aromatic carbocycles. The molecule has 1 aliphatic rings. The second-order valence-electron chi connectivity index (χ2n) is 6.69. The number of para-hydroxylation sites is 3. The molecule has 1 saturated heterocycles. The molecule has 0 spiro atoms. The van der Waals surface area contributed by atoms with Crippen molar-refractivity contribution in [1.29, 1.82) is 0 Å². The van der Waals surface area contributed by atoms with E-state index in [9.17, 15) is 21.6 Å². The Balaban J connectivity index is 1.52. The third kappa shape index (κ3) is 4.08. The second kappa shape index (κ2) is 7.34. The number of nitrogens with zero attached hydrogens (tertiary/aromatic N) is 2. The van der Waals surface area contributed by atoms with Crippen LogP contribution in [0.15, 0.2) is 57.8 Å². The van der Waals surface area contributed by atoms with Gasteiger partial charge in [-0.05, 0) is 37.1 Å². The summed E-state index contributed by atoms with van der Waals surface area (Å²) in [6.45, 7) is 0.290. The number of sulfonamides is 1. The van der Waals surface area contributed by atoms with Gasteiger partial charge in [-0.2, -0.15) is 4.31 Å². The van der Waals surface area contributed by atoms with Gasteiger partial charge in [-0.3, -0.25) is 0 Å². The number of halogens is 3. The van der Waals surface area contributed by atoms with E-state index in [1.807, 2.05) is 24.3 Å². The topological polar surface area (TPSA) is 72.6 Å². The fourth-order valence-corrected chi connectivity index (χ4v) is 5.00. The van der Waals surface area contributed by atoms with Gasteiger partial charge < -0.3 is 9.15 Å². The molecule has 0 saturated carbocycles. The van der Waals surface area contributed by atoms with Crippen LogP contribution in [0.1, 0.15) is 24.7 Å². The smallest absolute Gasteiger partial charge is 0.440 e. The van der Waals surface area contributed by atoms with Gasteiger partial charge in [0, 0.05) is 19.0 Å². The Labute approximate surface area is 164 Å². The number of fused-ring (bicyclic) bond motifs is 1. The van der Waals surface area contributed by atoms with E-state index in [2.05, 4.69) is 9.72 Å². The van der Waals surface area contributed by atoms with Gasteiger partial charge in [0.05, 0.1) is 0 Å². The minimum atomic E-state index is -4.98. The van der Waals surface area contributed by atoms with Gasteiger partial charge in [0.1, 0.15) is 16.2 Å². The van der Waals surface area contributed by atoms with E-state index in [-0.39, 0.29) is 19.0 Å². The maximum absolute atomic E-state index is 12.9. The Morgan fingerprint density at radius 3 is 2.38 bits per heavy atom. The molecule has 0 N–H and O–H groups in total. The summed E-state index contributed by atoms with van der Waals surface area (Å²) in [4.78, 5) is 3.95. The van der Waals surface area contributed by atoms with Gasteiger partial charge in [-0.25, -0.2) is 13.4 Å². The number of aromatic nitrogens is 1. The number of benzene rings is 2. The zero-order valence-corrected chi connectivity index (χ0v) is 15.9. The monoisotopic (exact) mass is 426 g/mol. The minimum absolute atomic E-state index is 0.0597. The lowest BCUT2D eigenvalue weighted by Crippen LogP contribution is -2.38. The Hall–Kier alpha value is -2.59. The van der Waals surface area contributed by atoms with E-state index in [0.717, 1.165) is 17.6 Å². The van der Waals surface area contributed by atoms with E-state index >= 15 is 0 Å². The highest BCUT2D eigenvalue weighted by atomic mass is 32.2. The molecular weight excluding hydrogens is 409 g/mol. The number of oxazole rings is 1. The first kappa shape index (κ1) is 19.7. The van der Waals surface area contributed by atoms with Crippen molar-refractivity contribution in [2.75, 3.05) is 13.1 Å². The number of piperidine rings is 1. The summed E-state index contributed by atoms with van der Waals surface area (Å²) in [5.74, 6) is -0.249. The SMILES string of the molecule is O=S(=O)(c1ccccc1OC(F)(F)F)N1CCC(c2nc3ccccc3o2)CC1. The van der Waals surface area contributed by atoms with Crippen molar-refractivity contribution in [3.05, 3.63) is 54.4 Å². The summed E-state index contributed by atoms with van der Waals surface area (Å²) < 4.78 is 74.6. The average molecular weight is 426 g/mol. The van der Waals surface area contributed by atoms with Crippen LogP contribution in [-0.4, -0.2) is 37.2 Å². The van der Waals surface area contributed by atoms with E-state index in [4.69, 9.17) is 4.42 Å². The zero-order chi connectivity index (χ0) is 20.6. The second-order valence-corrected chi connectivity index (χ2v) is 8.60. The van der Waals surface area contributed by atoms with Crippen molar-refractivity contribution >= 4 is 21.1 Å². The molecule has 0 atom stereocenters. The molecule has 3 aromatic rings. The molecule has 1 aromatic heterocycles. The Bertz CT molecular complexity index is 1090. The van der Waals surface area contributed by atoms with Crippen molar-refractivity contribution in [2.24, 2.45) is 0 Å². The van der Waals surface area contributed by atoms with Crippen LogP contribution in [0.2, 0.25) is 0 Å². The first-order valence-corrected chi connectivity index (χ1v) is 10.4. The van der Waals surface area contributed by atoms with E-state index in [1.165, 1.54) is 16.4 Å². The zero-order valence-electron chi connectivity index (χ0n) is 15.1. The Kier molecular flexibility index (Phi) is 4.99. The van der Waals surface area contributed by atoms with Crippen molar-refractivity contribution in [3.63, 3.8) is 0 Å². The lowest BCUT2D eigenvalue weighted by molar-refractivity contribution is -0.275. The lowest BCUT2D eigenvalue weighted by atomic mass is 9.98. The predicted octanol–water partition coefficient (Wildman–Crippen LogP) is 4.29. The molecule has 0 aliphatic carbocycles. The highest BCUT2D eigenvalue weighted by Gasteiger charge is 2.37. The van der Waals surface area contributed by atoms with Crippen LogP contribution < -0.4 is 4.74 Å². The van der Waals surface area contributed by atoms with Crippen LogP contribution in [0.4, 0.5) is 13.2 Å². The average Bonchev–Trinajstić information content (AvgIpc) is 3.11. The first-order valence-electron chi connectivity index (χ1n) is 8.94. The van der Waals surface area contributed by atoms with E-state index in [0.29, 0.717) is 24.3 Å². The van der Waals surface area contributed by atoms with Gasteiger partial charge in [-0.15, -0.1) is 13.2 Å². The van der Waals surface area contributed by atoms with Crippen molar-refractivity contribution in [3.8, 4) is 5.75 Å². The fourth-order valence-electron chi connectivity index (χ4n) is 3.42. The van der Waals surface area contributed by atoms with Crippen molar-refractivity contribution in [2.45, 2.75) is 30.0 Å². The van der Waals surface area contributed by atoms with Crippen molar-refractivity contribution in [1.82, 2.24) is 9.29 Å². The minimum Gasteiger partial charge on any atom is -0.440 e. The quantitative estimate of drug-likeness (QED) is 0.622. The molecule has 10 heteroatoms. The molecule has 29 heavy (non-hydrogen) atoms. The summed E-state index contributed by atoms with van der Waals surface area (Å²) in [7, 11) is -4.14. The predicted molar refractivity (Wildman–Crippen MR) is 97.9 cm³/mol. The lowest BCUT2D eigenvalue weighted by Gasteiger charge is -2.30. The summed E-state index contributed by atoms with van der Waals surface area (Å²) in [5.41, 5.74) is 1.39. The van der Waals surface area contributed by atoms with Crippen LogP contribution in [0.3, 0.4) is 0 Å². The van der Waals surface area contributed by atoms with Crippen molar-refractivity contribution < 1.29 is 30.7 Å². The molecule has 2 heterocycles. The van der Waals surface area contributed by atoms with Crippen LogP contribution in [0.25, 0.3) is 11.1 Å². The normalized spacial score (nSPS) is 16.9. The van der Waals surface area contributed by atoms with Gasteiger partial charge in [0.25, 0.3) is 0 Å². The van der Waals surface area contributed by atoms with Gasteiger partial charge >= 0.3 is 6.36 Å². The number of ether oxygens (including phenoxy) is 1. The van der Waals surface area contributed by atoms with E-state index < -0.39 is 27.0 Å². The summed E-state index contributed by atoms with van der Waals surface area (Å²) in [6.07, 6.45) is -4.08. The van der Waals surface area contributed by atoms with Crippen LogP contribution in [-0.2, 0) is 10.0 Å². The summed E-state index contributed by atoms with van der Waals surface area (Å²) in [5, 5.41) is 0. The Morgan fingerprint density at radius 2 is 1.69 bits per heavy atom. The number of hydrogen-bond donors (Lipinski definition) is 0. The van der Waals surface area contributed by atoms with Gasteiger partial charge in [-0.1, -0.05) is 24.3 Å². The molecule has 154 valence electrons.